The molecule has 1 aliphatic carbocycles. The topological polar surface area (TPSA) is 264 Å². The molecular weight excluding hydrogens is 977 g/mol. The molecule has 3 aliphatic rings. The number of rotatable bonds is 15. The highest BCUT2D eigenvalue weighted by Crippen LogP contribution is 2.52. The summed E-state index contributed by atoms with van der Waals surface area (Å²) < 4.78 is 162. The van der Waals surface area contributed by atoms with Crippen molar-refractivity contribution in [2.24, 2.45) is 0 Å². The average molecular weight is 1040 g/mol. The second-order valence-corrected chi connectivity index (χ2v) is 27.8. The maximum Gasteiger partial charge on any atom is 0.294 e. The molecule has 2 atom stereocenters. The SMILES string of the molecule is CC(CCN1C(=CC=C2CCCC(CCC3=[N+](CCC(C)S(=O)(=O)O)c4ccc5cc(S(O)(O)O)ccc5c4C3(C)C)=C2S(C)(=O)=O)C(C)(C)c2c1ccc1cc(S(=O)(=O)O)ccc21)S(=O)(=O)O. The van der Waals surface area contributed by atoms with E-state index in [1.165, 1.54) is 44.4 Å². The molecule has 0 radical (unpaired) electrons. The molecule has 4 aromatic carbocycles. The zero-order valence-corrected chi connectivity index (χ0v) is 42.9. The third-order valence-electron chi connectivity index (χ3n) is 13.9. The fourth-order valence-corrected chi connectivity index (χ4v) is 13.6. The first-order valence-corrected chi connectivity index (χ1v) is 29.9. The highest BCUT2D eigenvalue weighted by atomic mass is 32.3. The van der Waals surface area contributed by atoms with Gasteiger partial charge in [0.25, 0.3) is 30.4 Å². The highest BCUT2D eigenvalue weighted by Gasteiger charge is 2.47. The van der Waals surface area contributed by atoms with Crippen LogP contribution in [0.25, 0.3) is 21.5 Å². The summed E-state index contributed by atoms with van der Waals surface area (Å²) in [6.07, 6.45) is 7.19. The number of sulfone groups is 1. The third kappa shape index (κ3) is 9.99. The van der Waals surface area contributed by atoms with Gasteiger partial charge in [-0.1, -0.05) is 43.7 Å². The largest absolute Gasteiger partial charge is 0.344 e. The standard InChI is InChI=1S/C47H58N2O14S5/c1-29(65(52,53)54)23-25-48-39-19-11-33-27-35(67(58,59)60)15-17-37(33)43(39)46(3,4)41(48)21-13-31-9-8-10-32(45(31)64(7,50)51)14-22-42-47(5,6)44-38-18-16-36(68(61,62)63)28-34(38)12-20-40(44)49(42)26-24-30(2)66(55,56)57/h11-13,15-21,27-30H,8-10,14,22-26H2,1-7H3,(H5-,52,53,54,55,56,57,58,59,60,61,62,63)/p+1. The minimum atomic E-state index is -4.50. The molecular formula is C47H59N2O14S5+. The van der Waals surface area contributed by atoms with Crippen LogP contribution in [0, 0.1) is 0 Å². The van der Waals surface area contributed by atoms with Crippen LogP contribution in [-0.4, -0.2) is 101 Å². The summed E-state index contributed by atoms with van der Waals surface area (Å²) in [5.41, 5.74) is 4.53. The Morgan fingerprint density at radius 1 is 0.676 bits per heavy atom. The van der Waals surface area contributed by atoms with E-state index in [-0.39, 0.29) is 40.6 Å². The van der Waals surface area contributed by atoms with Gasteiger partial charge in [0.05, 0.1) is 30.6 Å². The number of nitrogens with zero attached hydrogens (tertiary/aromatic N) is 2. The molecule has 2 unspecified atom stereocenters. The number of hydrogen-bond donors (Lipinski definition) is 6. The van der Waals surface area contributed by atoms with E-state index in [2.05, 4.69) is 0 Å². The first kappa shape index (κ1) is 51.8. The van der Waals surface area contributed by atoms with Crippen LogP contribution in [-0.2, 0) is 51.0 Å². The van der Waals surface area contributed by atoms with E-state index in [1.54, 1.807) is 36.4 Å². The molecule has 21 heteroatoms. The third-order valence-corrected chi connectivity index (χ3v) is 19.4. The van der Waals surface area contributed by atoms with Crippen molar-refractivity contribution in [2.45, 2.75) is 118 Å². The molecule has 0 amide bonds. The zero-order valence-electron chi connectivity index (χ0n) is 38.8. The van der Waals surface area contributed by atoms with E-state index in [1.807, 2.05) is 49.3 Å². The number of hydrogen-bond acceptors (Lipinski definition) is 12. The number of anilines is 1. The van der Waals surface area contributed by atoms with E-state index < -0.39 is 72.4 Å². The first-order valence-electron chi connectivity index (χ1n) is 22.0. The van der Waals surface area contributed by atoms with Crippen molar-refractivity contribution >= 4 is 89.7 Å². The van der Waals surface area contributed by atoms with Crippen LogP contribution in [0.2, 0.25) is 0 Å². The first-order chi connectivity index (χ1) is 31.2. The molecule has 6 N–H and O–H groups in total. The van der Waals surface area contributed by atoms with Gasteiger partial charge in [-0.25, -0.2) is 8.42 Å². The van der Waals surface area contributed by atoms with E-state index in [9.17, 15) is 61.0 Å². The minimum Gasteiger partial charge on any atom is -0.344 e. The number of fused-ring (bicyclic) bond motifs is 6. The van der Waals surface area contributed by atoms with Gasteiger partial charge in [0, 0.05) is 54.1 Å². The fourth-order valence-electron chi connectivity index (χ4n) is 10.4. The Bertz CT molecular complexity index is 3350. The lowest BCUT2D eigenvalue weighted by molar-refractivity contribution is -0.440. The molecule has 4 aromatic rings. The van der Waals surface area contributed by atoms with E-state index >= 15 is 0 Å². The quantitative estimate of drug-likeness (QED) is 0.0478. The lowest BCUT2D eigenvalue weighted by atomic mass is 9.77. The molecule has 2 aliphatic heterocycles. The lowest BCUT2D eigenvalue weighted by Crippen LogP contribution is -2.31. The maximum absolute atomic E-state index is 14.0. The average Bonchev–Trinajstić information content (AvgIpc) is 3.58. The van der Waals surface area contributed by atoms with Gasteiger partial charge in [-0.3, -0.25) is 13.7 Å². The molecule has 68 heavy (non-hydrogen) atoms. The summed E-state index contributed by atoms with van der Waals surface area (Å²) in [6, 6.07) is 16.1. The number of allylic oxidation sites excluding steroid dienone is 5. The van der Waals surface area contributed by atoms with Crippen molar-refractivity contribution in [3.05, 3.63) is 106 Å². The minimum absolute atomic E-state index is 0.0396. The summed E-state index contributed by atoms with van der Waals surface area (Å²) in [7, 11) is -21.1. The Labute approximate surface area is 400 Å². The van der Waals surface area contributed by atoms with E-state index in [0.29, 0.717) is 70.8 Å². The second kappa shape index (κ2) is 18.0. The monoisotopic (exact) mass is 1040 g/mol. The van der Waals surface area contributed by atoms with Crippen molar-refractivity contribution in [1.29, 1.82) is 0 Å². The van der Waals surface area contributed by atoms with Gasteiger partial charge in [0.1, 0.15) is 17.4 Å². The Morgan fingerprint density at radius 2 is 1.25 bits per heavy atom. The predicted octanol–water partition coefficient (Wildman–Crippen LogP) is 9.40. The van der Waals surface area contributed by atoms with Crippen molar-refractivity contribution in [3.8, 4) is 0 Å². The van der Waals surface area contributed by atoms with Gasteiger partial charge in [-0.2, -0.15) is 29.8 Å². The molecule has 370 valence electrons. The van der Waals surface area contributed by atoms with Crippen LogP contribution in [0.4, 0.5) is 11.4 Å². The molecule has 0 saturated carbocycles. The fraction of sp³-hybridized carbons (Fsp3) is 0.426. The van der Waals surface area contributed by atoms with Crippen LogP contribution in [0.5, 0.6) is 0 Å². The Kier molecular flexibility index (Phi) is 13.7. The summed E-state index contributed by atoms with van der Waals surface area (Å²) in [5, 5.41) is 0.450. The molecule has 0 saturated heterocycles. The Balaban J connectivity index is 1.31. The molecule has 7 rings (SSSR count). The normalized spacial score (nSPS) is 20.2. The van der Waals surface area contributed by atoms with Gasteiger partial charge < -0.3 is 18.6 Å². The molecule has 16 nitrogen and oxygen atoms in total. The predicted molar refractivity (Wildman–Crippen MR) is 267 cm³/mol. The summed E-state index contributed by atoms with van der Waals surface area (Å²) >= 11 is 0. The van der Waals surface area contributed by atoms with Crippen molar-refractivity contribution in [2.75, 3.05) is 24.2 Å². The van der Waals surface area contributed by atoms with E-state index in [0.717, 1.165) is 27.9 Å². The lowest BCUT2D eigenvalue weighted by Gasteiger charge is -2.28. The molecule has 0 spiro atoms. The van der Waals surface area contributed by atoms with Gasteiger partial charge in [0.15, 0.2) is 15.5 Å². The van der Waals surface area contributed by atoms with E-state index in [4.69, 9.17) is 0 Å². The van der Waals surface area contributed by atoms with Crippen LogP contribution >= 0.6 is 10.9 Å². The molecule has 2 heterocycles. The van der Waals surface area contributed by atoms with Gasteiger partial charge >= 0.3 is 0 Å². The second-order valence-electron chi connectivity index (χ2n) is 19.2. The molecule has 0 fully saturated rings. The van der Waals surface area contributed by atoms with Crippen LogP contribution in [0.1, 0.15) is 97.6 Å². The summed E-state index contributed by atoms with van der Waals surface area (Å²) in [6.45, 7) is 11.2. The van der Waals surface area contributed by atoms with Crippen molar-refractivity contribution < 1.29 is 65.6 Å². The summed E-state index contributed by atoms with van der Waals surface area (Å²) in [4.78, 5) is 1.82. The van der Waals surface area contributed by atoms with Gasteiger partial charge in [0.2, 0.25) is 5.69 Å². The van der Waals surface area contributed by atoms with Gasteiger partial charge in [-0.05, 0) is 135 Å². The summed E-state index contributed by atoms with van der Waals surface area (Å²) in [5.74, 6) is 0. The maximum atomic E-state index is 14.0. The Hall–Kier alpha value is -4.00. The van der Waals surface area contributed by atoms with Crippen molar-refractivity contribution in [1.82, 2.24) is 0 Å². The highest BCUT2D eigenvalue weighted by molar-refractivity contribution is 8.19. The smallest absolute Gasteiger partial charge is 0.294 e. The van der Waals surface area contributed by atoms with Crippen LogP contribution in [0.15, 0.2) is 104 Å². The molecule has 0 bridgehead atoms. The zero-order chi connectivity index (χ0) is 50.3. The van der Waals surface area contributed by atoms with Gasteiger partial charge in [-0.15, -0.1) is 0 Å². The van der Waals surface area contributed by atoms with Crippen LogP contribution in [0.3, 0.4) is 0 Å². The molecule has 0 aromatic heterocycles. The van der Waals surface area contributed by atoms with Crippen molar-refractivity contribution in [3.63, 3.8) is 0 Å². The Morgan fingerprint density at radius 3 is 1.84 bits per heavy atom. The van der Waals surface area contributed by atoms with Crippen LogP contribution < -0.4 is 4.90 Å². The number of benzene rings is 4.